The number of fused-ring (bicyclic) bond motifs is 1. The molecule has 2 fully saturated rings. The number of aromatic nitrogens is 1. The number of hydrogen-bond donors (Lipinski definition) is 3. The van der Waals surface area contributed by atoms with Gasteiger partial charge >= 0.3 is 15.5 Å². The minimum absolute atomic E-state index is 0.0123. The van der Waals surface area contributed by atoms with Crippen molar-refractivity contribution in [1.29, 1.82) is 0 Å². The second kappa shape index (κ2) is 34.6. The third-order valence-electron chi connectivity index (χ3n) is 15.0. The minimum Gasteiger partial charge on any atom is -0.478 e. The van der Waals surface area contributed by atoms with Crippen molar-refractivity contribution in [1.82, 2.24) is 19.9 Å². The molecule has 2 heterocycles. The summed E-state index contributed by atoms with van der Waals surface area (Å²) in [6, 6.07) is 22.7. The van der Waals surface area contributed by atoms with E-state index in [-0.39, 0.29) is 61.4 Å². The highest BCUT2D eigenvalue weighted by molar-refractivity contribution is 7.90. The number of rotatable bonds is 34. The topological polar surface area (TPSA) is 167 Å². The molecule has 1 aromatic heterocycles. The van der Waals surface area contributed by atoms with Gasteiger partial charge in [0.25, 0.3) is 0 Å². The van der Waals surface area contributed by atoms with E-state index in [1.54, 1.807) is 6.07 Å². The molecule has 3 N–H and O–H groups in total. The van der Waals surface area contributed by atoms with Crippen LogP contribution in [0, 0.1) is 5.92 Å². The number of carbonyl (C=O) groups excluding carboxylic acids is 2. The highest BCUT2D eigenvalue weighted by Gasteiger charge is 2.50. The molecule has 1 saturated heterocycles. The molecule has 456 valence electrons. The Bertz CT molecular complexity index is 2600. The lowest BCUT2D eigenvalue weighted by Gasteiger charge is -2.32. The first kappa shape index (κ1) is 66.9. The van der Waals surface area contributed by atoms with Crippen LogP contribution in [-0.2, 0) is 38.6 Å². The number of pyridine rings is 1. The van der Waals surface area contributed by atoms with Crippen molar-refractivity contribution in [3.05, 3.63) is 99.5 Å². The number of hydrogen-bond acceptors (Lipinski definition) is 11. The number of nitrogens with one attached hydrogen (secondary N) is 3. The molecule has 1 aliphatic heterocycles. The molecule has 0 bridgehead atoms. The Kier molecular flexibility index (Phi) is 28.2. The van der Waals surface area contributed by atoms with Crippen LogP contribution in [0.5, 0.6) is 5.88 Å². The van der Waals surface area contributed by atoms with Gasteiger partial charge in [0.1, 0.15) is 0 Å². The zero-order valence-corrected chi connectivity index (χ0v) is 50.6. The SMILES string of the molecule is CC(C)(C)OCCCCCC(=O)NCCCOCC[C@H]1CCCCC(OCCOCCCNC(=O)CCCCCOc2cc(NC3CCN(S(=O)(=O)C(F)(F)F)CC3)c3cc(C(c4ccc(Cl)cc4)c4ccc(Cl)cc4)ccc3n2)CC1. The Hall–Kier alpha value is -4.27. The van der Waals surface area contributed by atoms with Crippen molar-refractivity contribution < 1.29 is 54.9 Å². The first-order valence-corrected chi connectivity index (χ1v) is 31.9. The molecule has 0 spiro atoms. The average Bonchev–Trinajstić information content (AvgIpc) is 3.50. The molecule has 20 heteroatoms. The van der Waals surface area contributed by atoms with Gasteiger partial charge in [-0.3, -0.25) is 9.59 Å². The second-order valence-corrected chi connectivity index (χ2v) is 25.5. The number of piperidine rings is 1. The summed E-state index contributed by atoms with van der Waals surface area (Å²) < 4.78 is 95.0. The lowest BCUT2D eigenvalue weighted by atomic mass is 9.84. The molecule has 1 unspecified atom stereocenters. The molecule has 2 aliphatic rings. The summed E-state index contributed by atoms with van der Waals surface area (Å²) in [7, 11) is -5.43. The molecule has 2 atom stereocenters. The molecule has 4 aromatic rings. The summed E-state index contributed by atoms with van der Waals surface area (Å²) in [6.45, 7) is 10.9. The molecule has 14 nitrogen and oxygen atoms in total. The fraction of sp³-hybridized carbons (Fsp3) is 0.629. The Labute approximate surface area is 495 Å². The van der Waals surface area contributed by atoms with Gasteiger partial charge in [-0.1, -0.05) is 79.2 Å². The standard InChI is InChI=1S/C62H88Cl2F3N5O9S/c1-61(2,3)81-40-11-5-7-17-58(74)68-33-12-37-77-41-32-46-14-8-9-15-53(28-18-46)79-43-42-78-38-13-34-69-57(73)16-6-4-10-39-80-59-45-56(70-52-30-35-72(36-31-52)82(75,76)62(65,66)67)54-44-49(23-29-55(54)71-59)60(47-19-24-50(63)25-20-47)48-21-26-51(64)27-22-48/h19-27,29,44-46,52-53,60H,4-18,28,30-43H2,1-3H3,(H,68,74)(H,69,73)(H,70,71)/t46-,53?/m0/s1. The number of sulfonamides is 1. The van der Waals surface area contributed by atoms with Gasteiger partial charge in [0.05, 0.1) is 37.0 Å². The molecule has 82 heavy (non-hydrogen) atoms. The third-order valence-corrected chi connectivity index (χ3v) is 17.1. The molecular weight excluding hydrogens is 1120 g/mol. The van der Waals surface area contributed by atoms with Gasteiger partial charge in [0, 0.05) is 105 Å². The smallest absolute Gasteiger partial charge is 0.478 e. The van der Waals surface area contributed by atoms with E-state index in [0.717, 1.165) is 99.5 Å². The van der Waals surface area contributed by atoms with Gasteiger partial charge in [-0.05, 0) is 163 Å². The van der Waals surface area contributed by atoms with E-state index in [2.05, 4.69) is 36.7 Å². The largest absolute Gasteiger partial charge is 0.511 e. The number of alkyl halides is 3. The average molecular weight is 1210 g/mol. The third kappa shape index (κ3) is 23.6. The highest BCUT2D eigenvalue weighted by Crippen LogP contribution is 2.38. The molecule has 3 aromatic carbocycles. The fourth-order valence-corrected chi connectivity index (χ4v) is 11.7. The van der Waals surface area contributed by atoms with Crippen LogP contribution in [0.2, 0.25) is 10.0 Å². The van der Waals surface area contributed by atoms with Gasteiger partial charge in [0.2, 0.25) is 17.7 Å². The van der Waals surface area contributed by atoms with E-state index in [0.29, 0.717) is 116 Å². The summed E-state index contributed by atoms with van der Waals surface area (Å²) in [4.78, 5) is 29.6. The maximum Gasteiger partial charge on any atom is 0.511 e. The van der Waals surface area contributed by atoms with E-state index in [4.69, 9.17) is 51.9 Å². The Morgan fingerprint density at radius 2 is 1.24 bits per heavy atom. The highest BCUT2D eigenvalue weighted by atomic mass is 35.5. The number of carbonyl (C=O) groups is 2. The summed E-state index contributed by atoms with van der Waals surface area (Å²) in [5, 5.41) is 11.5. The molecular formula is C62H88Cl2F3N5O9S. The lowest BCUT2D eigenvalue weighted by molar-refractivity contribution is -0.122. The van der Waals surface area contributed by atoms with Crippen LogP contribution in [0.4, 0.5) is 18.9 Å². The van der Waals surface area contributed by atoms with Gasteiger partial charge in [-0.2, -0.15) is 17.5 Å². The molecule has 1 aliphatic carbocycles. The normalized spacial score (nSPS) is 16.9. The minimum atomic E-state index is -5.43. The van der Waals surface area contributed by atoms with Gasteiger partial charge < -0.3 is 39.6 Å². The monoisotopic (exact) mass is 1210 g/mol. The van der Waals surface area contributed by atoms with Crippen molar-refractivity contribution in [2.75, 3.05) is 77.7 Å². The van der Waals surface area contributed by atoms with Crippen LogP contribution in [0.25, 0.3) is 10.9 Å². The van der Waals surface area contributed by atoms with Crippen LogP contribution in [0.15, 0.2) is 72.8 Å². The van der Waals surface area contributed by atoms with Crippen LogP contribution in [-0.4, -0.2) is 125 Å². The number of nitrogens with zero attached hydrogens (tertiary/aromatic N) is 2. The van der Waals surface area contributed by atoms with Gasteiger partial charge in [0.15, 0.2) is 0 Å². The maximum absolute atomic E-state index is 13.4. The number of halogens is 5. The second-order valence-electron chi connectivity index (χ2n) is 22.7. The van der Waals surface area contributed by atoms with Crippen molar-refractivity contribution in [3.8, 4) is 5.88 Å². The van der Waals surface area contributed by atoms with E-state index in [9.17, 15) is 31.2 Å². The van der Waals surface area contributed by atoms with Crippen molar-refractivity contribution in [2.45, 2.75) is 172 Å². The van der Waals surface area contributed by atoms with E-state index in [1.807, 2.05) is 66.7 Å². The Morgan fingerprint density at radius 3 is 1.85 bits per heavy atom. The fourth-order valence-electron chi connectivity index (χ4n) is 10.4. The van der Waals surface area contributed by atoms with Crippen LogP contribution in [0.3, 0.4) is 0 Å². The van der Waals surface area contributed by atoms with Gasteiger partial charge in [-0.25, -0.2) is 13.4 Å². The first-order chi connectivity index (χ1) is 39.3. The van der Waals surface area contributed by atoms with Gasteiger partial charge in [-0.15, -0.1) is 0 Å². The molecule has 1 saturated carbocycles. The lowest BCUT2D eigenvalue weighted by Crippen LogP contribution is -2.47. The zero-order valence-electron chi connectivity index (χ0n) is 48.3. The Balaban J connectivity index is 0.847. The molecule has 2 amide bonds. The summed E-state index contributed by atoms with van der Waals surface area (Å²) in [6.07, 6.45) is 15.9. The number of anilines is 1. The van der Waals surface area contributed by atoms with Crippen LogP contribution >= 0.6 is 23.2 Å². The summed E-state index contributed by atoms with van der Waals surface area (Å²) in [5.41, 5.74) is -1.26. The van der Waals surface area contributed by atoms with E-state index in [1.165, 1.54) is 12.8 Å². The summed E-state index contributed by atoms with van der Waals surface area (Å²) >= 11 is 12.6. The van der Waals surface area contributed by atoms with E-state index < -0.39 is 15.5 Å². The first-order valence-electron chi connectivity index (χ1n) is 29.7. The van der Waals surface area contributed by atoms with Crippen molar-refractivity contribution in [2.24, 2.45) is 5.92 Å². The Morgan fingerprint density at radius 1 is 0.659 bits per heavy atom. The predicted molar refractivity (Wildman–Crippen MR) is 319 cm³/mol. The molecule has 0 radical (unpaired) electrons. The van der Waals surface area contributed by atoms with Crippen LogP contribution < -0.4 is 20.7 Å². The quantitative estimate of drug-likeness (QED) is 0.0301. The van der Waals surface area contributed by atoms with Crippen molar-refractivity contribution in [3.63, 3.8) is 0 Å². The van der Waals surface area contributed by atoms with E-state index >= 15 is 0 Å². The number of benzene rings is 3. The number of ether oxygens (including phenoxy) is 5. The number of amides is 2. The zero-order chi connectivity index (χ0) is 58.8. The maximum atomic E-state index is 13.4. The predicted octanol–water partition coefficient (Wildman–Crippen LogP) is 13.6. The van der Waals surface area contributed by atoms with Crippen molar-refractivity contribution >= 4 is 61.6 Å². The summed E-state index contributed by atoms with van der Waals surface area (Å²) in [5.74, 6) is 0.884. The molecule has 6 rings (SSSR count). The van der Waals surface area contributed by atoms with Crippen LogP contribution in [0.1, 0.15) is 165 Å². The number of unbranched alkanes of at least 4 members (excludes halogenated alkanes) is 4.